The van der Waals surface area contributed by atoms with E-state index in [0.29, 0.717) is 17.8 Å². The van der Waals surface area contributed by atoms with Crippen LogP contribution in [0.25, 0.3) is 10.2 Å². The highest BCUT2D eigenvalue weighted by Gasteiger charge is 2.11. The molecule has 0 aliphatic carbocycles. The minimum absolute atomic E-state index is 0.0536. The van der Waals surface area contributed by atoms with Crippen LogP contribution in [0.4, 0.5) is 10.1 Å². The Balaban J connectivity index is 1.33. The monoisotopic (exact) mass is 465 g/mol. The first-order valence-corrected chi connectivity index (χ1v) is 11.7. The van der Waals surface area contributed by atoms with Gasteiger partial charge in [0.1, 0.15) is 5.82 Å². The molecule has 0 aliphatic heterocycles. The molecule has 162 valence electrons. The molecule has 1 aromatic heterocycles. The highest BCUT2D eigenvalue weighted by molar-refractivity contribution is 8.01. The van der Waals surface area contributed by atoms with Gasteiger partial charge in [-0.3, -0.25) is 9.59 Å². The van der Waals surface area contributed by atoms with Crippen LogP contribution in [0.2, 0.25) is 0 Å². The van der Waals surface area contributed by atoms with Gasteiger partial charge >= 0.3 is 0 Å². The zero-order chi connectivity index (χ0) is 22.5. The van der Waals surface area contributed by atoms with Crippen LogP contribution >= 0.6 is 23.1 Å². The van der Waals surface area contributed by atoms with Crippen LogP contribution in [0, 0.1) is 12.7 Å². The molecule has 0 radical (unpaired) electrons. The van der Waals surface area contributed by atoms with Crippen molar-refractivity contribution in [2.45, 2.75) is 17.8 Å². The van der Waals surface area contributed by atoms with Crippen molar-refractivity contribution in [2.24, 2.45) is 0 Å². The zero-order valence-corrected chi connectivity index (χ0v) is 18.9. The summed E-state index contributed by atoms with van der Waals surface area (Å²) >= 11 is 2.85. The lowest BCUT2D eigenvalue weighted by atomic mass is 10.1. The van der Waals surface area contributed by atoms with E-state index in [1.165, 1.54) is 52.9 Å². The maximum absolute atomic E-state index is 13.0. The number of hydrogen-bond donors (Lipinski definition) is 2. The van der Waals surface area contributed by atoms with Crippen LogP contribution in [0.1, 0.15) is 21.5 Å². The first-order valence-electron chi connectivity index (χ1n) is 9.89. The van der Waals surface area contributed by atoms with Crippen LogP contribution in [0.3, 0.4) is 0 Å². The molecule has 0 fully saturated rings. The molecule has 4 aromatic rings. The average Bonchev–Trinajstić information content (AvgIpc) is 3.20. The molecule has 0 saturated carbocycles. The third-order valence-corrected chi connectivity index (χ3v) is 6.83. The zero-order valence-electron chi connectivity index (χ0n) is 17.2. The number of hydrogen-bond acceptors (Lipinski definition) is 5. The predicted octanol–water partition coefficient (Wildman–Crippen LogP) is 5.40. The number of benzene rings is 3. The molecule has 8 heteroatoms. The highest BCUT2D eigenvalue weighted by Crippen LogP contribution is 2.31. The van der Waals surface area contributed by atoms with Gasteiger partial charge in [-0.2, -0.15) is 0 Å². The third-order valence-electron chi connectivity index (χ3n) is 4.67. The topological polar surface area (TPSA) is 71.1 Å². The fraction of sp³-hybridized carbons (Fsp3) is 0.125. The van der Waals surface area contributed by atoms with E-state index in [2.05, 4.69) is 15.6 Å². The number of fused-ring (bicyclic) bond motifs is 1. The number of aromatic nitrogens is 1. The summed E-state index contributed by atoms with van der Waals surface area (Å²) in [6, 6.07) is 18.9. The van der Waals surface area contributed by atoms with Gasteiger partial charge in [0.2, 0.25) is 5.91 Å². The highest BCUT2D eigenvalue weighted by atomic mass is 32.2. The Labute approximate surface area is 193 Å². The molecule has 0 saturated heterocycles. The summed E-state index contributed by atoms with van der Waals surface area (Å²) in [5.74, 6) is -0.475. The molecule has 32 heavy (non-hydrogen) atoms. The van der Waals surface area contributed by atoms with Gasteiger partial charge in [-0.25, -0.2) is 9.37 Å². The minimum Gasteiger partial charge on any atom is -0.351 e. The number of nitrogens with one attached hydrogen (secondary N) is 2. The molecule has 0 aliphatic rings. The number of carbonyl (C=O) groups is 2. The second kappa shape index (κ2) is 9.93. The third kappa shape index (κ3) is 5.72. The number of amides is 2. The molecule has 2 N–H and O–H groups in total. The van der Waals surface area contributed by atoms with Crippen molar-refractivity contribution in [3.8, 4) is 0 Å². The van der Waals surface area contributed by atoms with Crippen molar-refractivity contribution in [3.63, 3.8) is 0 Å². The molecule has 2 amide bonds. The van der Waals surface area contributed by atoms with E-state index in [1.807, 2.05) is 43.3 Å². The first kappa shape index (κ1) is 22.0. The predicted molar refractivity (Wildman–Crippen MR) is 128 cm³/mol. The van der Waals surface area contributed by atoms with E-state index >= 15 is 0 Å². The average molecular weight is 466 g/mol. The Hall–Kier alpha value is -3.23. The molecule has 0 unspecified atom stereocenters. The summed E-state index contributed by atoms with van der Waals surface area (Å²) in [6.07, 6.45) is 0. The van der Waals surface area contributed by atoms with Gasteiger partial charge in [-0.05, 0) is 55.0 Å². The van der Waals surface area contributed by atoms with Gasteiger partial charge in [-0.15, -0.1) is 11.3 Å². The normalized spacial score (nSPS) is 10.8. The second-order valence-corrected chi connectivity index (χ2v) is 9.43. The molecule has 0 spiro atoms. The van der Waals surface area contributed by atoms with E-state index in [0.717, 1.165) is 20.1 Å². The summed E-state index contributed by atoms with van der Waals surface area (Å²) in [5.41, 5.74) is 4.05. The van der Waals surface area contributed by atoms with E-state index in [4.69, 9.17) is 0 Å². The van der Waals surface area contributed by atoms with Gasteiger partial charge in [-0.1, -0.05) is 41.6 Å². The quantitative estimate of drug-likeness (QED) is 0.358. The molecular formula is C24H20FN3O2S2. The molecule has 1 heterocycles. The van der Waals surface area contributed by atoms with Crippen LogP contribution in [-0.2, 0) is 11.3 Å². The van der Waals surface area contributed by atoms with Crippen molar-refractivity contribution < 1.29 is 14.0 Å². The molecule has 0 atom stereocenters. The molecule has 5 nitrogen and oxygen atoms in total. The molecule has 4 rings (SSSR count). The Morgan fingerprint density at radius 1 is 1.03 bits per heavy atom. The van der Waals surface area contributed by atoms with E-state index < -0.39 is 0 Å². The summed E-state index contributed by atoms with van der Waals surface area (Å²) in [4.78, 5) is 29.1. The largest absolute Gasteiger partial charge is 0.351 e. The summed E-state index contributed by atoms with van der Waals surface area (Å²) in [5, 5.41) is 5.73. The Morgan fingerprint density at radius 2 is 1.78 bits per heavy atom. The van der Waals surface area contributed by atoms with Crippen molar-refractivity contribution >= 4 is 50.8 Å². The van der Waals surface area contributed by atoms with Crippen molar-refractivity contribution in [2.75, 3.05) is 11.1 Å². The summed E-state index contributed by atoms with van der Waals surface area (Å²) in [6.45, 7) is 2.52. The number of nitrogens with zero attached hydrogens (tertiary/aromatic N) is 1. The lowest BCUT2D eigenvalue weighted by molar-refractivity contribution is -0.118. The Kier molecular flexibility index (Phi) is 6.82. The van der Waals surface area contributed by atoms with E-state index in [9.17, 15) is 14.0 Å². The standard InChI is InChI=1S/C24H20FN3O2S2/c1-15-2-4-16(5-3-15)13-26-22(29)14-31-24-28-20-11-10-19(12-21(20)32-24)27-23(30)17-6-8-18(25)9-7-17/h2-12H,13-14H2,1H3,(H,26,29)(H,27,30). The number of aryl methyl sites for hydroxylation is 1. The van der Waals surface area contributed by atoms with Crippen molar-refractivity contribution in [3.05, 3.63) is 89.2 Å². The van der Waals surface area contributed by atoms with Crippen molar-refractivity contribution in [1.29, 1.82) is 0 Å². The lowest BCUT2D eigenvalue weighted by Crippen LogP contribution is -2.24. The van der Waals surface area contributed by atoms with Gasteiger partial charge in [0.15, 0.2) is 4.34 Å². The van der Waals surface area contributed by atoms with E-state index in [1.54, 1.807) is 6.07 Å². The summed E-state index contributed by atoms with van der Waals surface area (Å²) in [7, 11) is 0. The van der Waals surface area contributed by atoms with Gasteiger partial charge in [0.25, 0.3) is 5.91 Å². The van der Waals surface area contributed by atoms with Crippen LogP contribution in [0.15, 0.2) is 71.1 Å². The number of anilines is 1. The number of rotatable bonds is 7. The number of thiazole rings is 1. The molecule has 0 bridgehead atoms. The minimum atomic E-state index is -0.388. The Morgan fingerprint density at radius 3 is 2.53 bits per heavy atom. The first-order chi connectivity index (χ1) is 15.5. The maximum Gasteiger partial charge on any atom is 0.255 e. The number of halogens is 1. The SMILES string of the molecule is Cc1ccc(CNC(=O)CSc2nc3ccc(NC(=O)c4ccc(F)cc4)cc3s2)cc1. The lowest BCUT2D eigenvalue weighted by Gasteiger charge is -2.05. The fourth-order valence-corrected chi connectivity index (χ4v) is 4.87. The molecular weight excluding hydrogens is 445 g/mol. The Bertz CT molecular complexity index is 1250. The van der Waals surface area contributed by atoms with Gasteiger partial charge < -0.3 is 10.6 Å². The fourth-order valence-electron chi connectivity index (χ4n) is 2.93. The maximum atomic E-state index is 13.0. The van der Waals surface area contributed by atoms with Crippen LogP contribution in [-0.4, -0.2) is 22.6 Å². The smallest absolute Gasteiger partial charge is 0.255 e. The second-order valence-electron chi connectivity index (χ2n) is 7.17. The van der Waals surface area contributed by atoms with E-state index in [-0.39, 0.29) is 23.4 Å². The van der Waals surface area contributed by atoms with Crippen LogP contribution in [0.5, 0.6) is 0 Å². The summed E-state index contributed by atoms with van der Waals surface area (Å²) < 4.78 is 14.7. The van der Waals surface area contributed by atoms with Crippen molar-refractivity contribution in [1.82, 2.24) is 10.3 Å². The molecule has 3 aromatic carbocycles. The van der Waals surface area contributed by atoms with Gasteiger partial charge in [0.05, 0.1) is 16.0 Å². The van der Waals surface area contributed by atoms with Crippen LogP contribution < -0.4 is 10.6 Å². The number of carbonyl (C=O) groups excluding carboxylic acids is 2. The number of thioether (sulfide) groups is 1. The van der Waals surface area contributed by atoms with Gasteiger partial charge in [0, 0.05) is 17.8 Å².